The van der Waals surface area contributed by atoms with E-state index in [4.69, 9.17) is 39.5 Å². The Morgan fingerprint density at radius 3 is 2.37 bits per heavy atom. The van der Waals surface area contributed by atoms with Crippen LogP contribution in [0.3, 0.4) is 0 Å². The summed E-state index contributed by atoms with van der Waals surface area (Å²) in [7, 11) is 0. The van der Waals surface area contributed by atoms with Crippen molar-refractivity contribution in [3.8, 4) is 11.6 Å². The number of benzene rings is 1. The number of carbonyl (C=O) groups is 1. The minimum Gasteiger partial charge on any atom is -0.437 e. The van der Waals surface area contributed by atoms with Gasteiger partial charge in [-0.15, -0.1) is 0 Å². The van der Waals surface area contributed by atoms with Crippen LogP contribution in [0.4, 0.5) is 0 Å². The van der Waals surface area contributed by atoms with Gasteiger partial charge in [0.05, 0.1) is 15.1 Å². The van der Waals surface area contributed by atoms with Crippen LogP contribution in [-0.4, -0.2) is 10.8 Å². The zero-order chi connectivity index (χ0) is 14.0. The van der Waals surface area contributed by atoms with Gasteiger partial charge in [0.1, 0.15) is 5.75 Å². The third kappa shape index (κ3) is 3.38. The zero-order valence-corrected chi connectivity index (χ0v) is 12.1. The fourth-order valence-corrected chi connectivity index (χ4v) is 1.92. The molecule has 0 N–H and O–H groups in total. The number of hydrogen-bond acceptors (Lipinski definition) is 3. The predicted octanol–water partition coefficient (Wildman–Crippen LogP) is 5.04. The molecular formula is C13H8Cl3NO2. The van der Waals surface area contributed by atoms with Crippen LogP contribution in [0.1, 0.15) is 17.3 Å². The minimum atomic E-state index is -0.0633. The first kappa shape index (κ1) is 14.1. The summed E-state index contributed by atoms with van der Waals surface area (Å²) in [6.45, 7) is 1.47. The first-order valence-corrected chi connectivity index (χ1v) is 6.40. The Morgan fingerprint density at radius 2 is 1.79 bits per heavy atom. The van der Waals surface area contributed by atoms with E-state index in [1.54, 1.807) is 12.1 Å². The van der Waals surface area contributed by atoms with E-state index in [2.05, 4.69) is 4.98 Å². The fourth-order valence-electron chi connectivity index (χ4n) is 1.34. The molecule has 0 atom stereocenters. The minimum absolute atomic E-state index is 0.0633. The van der Waals surface area contributed by atoms with Gasteiger partial charge in [-0.05, 0) is 19.1 Å². The highest BCUT2D eigenvalue weighted by Gasteiger charge is 2.09. The molecule has 98 valence electrons. The van der Waals surface area contributed by atoms with Gasteiger partial charge in [0, 0.05) is 23.9 Å². The molecule has 0 fully saturated rings. The molecule has 0 aliphatic rings. The van der Waals surface area contributed by atoms with E-state index in [1.807, 2.05) is 0 Å². The summed E-state index contributed by atoms with van der Waals surface area (Å²) >= 11 is 17.7. The fraction of sp³-hybridized carbons (Fsp3) is 0.0769. The zero-order valence-electron chi connectivity index (χ0n) is 9.78. The van der Waals surface area contributed by atoms with Gasteiger partial charge in [0.2, 0.25) is 5.88 Å². The Hall–Kier alpha value is -1.29. The highest BCUT2D eigenvalue weighted by Crippen LogP contribution is 2.35. The summed E-state index contributed by atoms with van der Waals surface area (Å²) < 4.78 is 5.48. The lowest BCUT2D eigenvalue weighted by atomic mass is 10.2. The average Bonchev–Trinajstić information content (AvgIpc) is 2.36. The molecule has 1 aromatic carbocycles. The van der Waals surface area contributed by atoms with Crippen LogP contribution in [0.15, 0.2) is 30.5 Å². The van der Waals surface area contributed by atoms with Crippen molar-refractivity contribution in [1.82, 2.24) is 4.98 Å². The summed E-state index contributed by atoms with van der Waals surface area (Å²) in [6.07, 6.45) is 1.43. The van der Waals surface area contributed by atoms with Gasteiger partial charge in [0.25, 0.3) is 0 Å². The van der Waals surface area contributed by atoms with Gasteiger partial charge in [-0.1, -0.05) is 34.8 Å². The number of halogens is 3. The molecule has 0 bridgehead atoms. The Morgan fingerprint density at radius 1 is 1.11 bits per heavy atom. The SMILES string of the molecule is CC(=O)c1ccc(Oc2cc(Cl)c(Cl)cc2Cl)nc1. The number of Topliss-reactive ketones (excluding diaryl/α,β-unsaturated/α-hetero) is 1. The number of aromatic nitrogens is 1. The van der Waals surface area contributed by atoms with E-state index in [0.717, 1.165) is 0 Å². The highest BCUT2D eigenvalue weighted by atomic mass is 35.5. The van der Waals surface area contributed by atoms with E-state index in [9.17, 15) is 4.79 Å². The Bertz CT molecular complexity index is 627. The molecular weight excluding hydrogens is 309 g/mol. The predicted molar refractivity (Wildman–Crippen MR) is 75.8 cm³/mol. The number of nitrogens with zero attached hydrogens (tertiary/aromatic N) is 1. The van der Waals surface area contributed by atoms with Crippen molar-refractivity contribution in [3.63, 3.8) is 0 Å². The Balaban J connectivity index is 2.26. The van der Waals surface area contributed by atoms with Crippen LogP contribution in [0, 0.1) is 0 Å². The topological polar surface area (TPSA) is 39.2 Å². The van der Waals surface area contributed by atoms with Gasteiger partial charge < -0.3 is 4.74 Å². The first-order chi connectivity index (χ1) is 8.97. The van der Waals surface area contributed by atoms with Crippen LogP contribution < -0.4 is 4.74 Å². The standard InChI is InChI=1S/C13H8Cl3NO2/c1-7(18)8-2-3-13(17-6-8)19-12-5-10(15)9(14)4-11(12)16/h2-6H,1H3. The average molecular weight is 317 g/mol. The molecule has 0 radical (unpaired) electrons. The summed E-state index contributed by atoms with van der Waals surface area (Å²) in [5.41, 5.74) is 0.507. The quantitative estimate of drug-likeness (QED) is 0.588. The van der Waals surface area contributed by atoms with Gasteiger partial charge in [-0.25, -0.2) is 4.98 Å². The molecule has 0 spiro atoms. The second kappa shape index (κ2) is 5.78. The molecule has 19 heavy (non-hydrogen) atoms. The highest BCUT2D eigenvalue weighted by molar-refractivity contribution is 6.43. The second-order valence-electron chi connectivity index (χ2n) is 3.74. The summed E-state index contributed by atoms with van der Waals surface area (Å²) in [6, 6.07) is 6.20. The summed E-state index contributed by atoms with van der Waals surface area (Å²) in [5, 5.41) is 1.01. The van der Waals surface area contributed by atoms with Gasteiger partial charge in [-0.2, -0.15) is 0 Å². The van der Waals surface area contributed by atoms with Crippen molar-refractivity contribution >= 4 is 40.6 Å². The van der Waals surface area contributed by atoms with E-state index in [0.29, 0.717) is 32.3 Å². The molecule has 1 heterocycles. The molecule has 0 saturated carbocycles. The van der Waals surface area contributed by atoms with E-state index < -0.39 is 0 Å². The molecule has 1 aromatic heterocycles. The smallest absolute Gasteiger partial charge is 0.219 e. The lowest BCUT2D eigenvalue weighted by Crippen LogP contribution is -1.94. The Kier molecular flexibility index (Phi) is 4.30. The van der Waals surface area contributed by atoms with Crippen LogP contribution >= 0.6 is 34.8 Å². The van der Waals surface area contributed by atoms with Crippen LogP contribution in [0.2, 0.25) is 15.1 Å². The molecule has 3 nitrogen and oxygen atoms in total. The largest absolute Gasteiger partial charge is 0.437 e. The normalized spacial score (nSPS) is 10.3. The number of hydrogen-bond donors (Lipinski definition) is 0. The second-order valence-corrected chi connectivity index (χ2v) is 4.96. The van der Waals surface area contributed by atoms with Gasteiger partial charge in [0.15, 0.2) is 5.78 Å². The summed E-state index contributed by atoms with van der Waals surface area (Å²) in [5.74, 6) is 0.594. The maximum Gasteiger partial charge on any atom is 0.219 e. The third-order valence-corrected chi connectivity index (χ3v) is 3.35. The van der Waals surface area contributed by atoms with Crippen molar-refractivity contribution in [2.24, 2.45) is 0 Å². The van der Waals surface area contributed by atoms with Gasteiger partial charge in [-0.3, -0.25) is 4.79 Å². The van der Waals surface area contributed by atoms with Crippen molar-refractivity contribution < 1.29 is 9.53 Å². The molecule has 0 saturated heterocycles. The number of rotatable bonds is 3. The lowest BCUT2D eigenvalue weighted by molar-refractivity contribution is 0.101. The van der Waals surface area contributed by atoms with Crippen LogP contribution in [0.5, 0.6) is 11.6 Å². The molecule has 0 aliphatic heterocycles. The van der Waals surface area contributed by atoms with E-state index in [1.165, 1.54) is 25.3 Å². The van der Waals surface area contributed by atoms with Crippen molar-refractivity contribution in [2.45, 2.75) is 6.92 Å². The van der Waals surface area contributed by atoms with E-state index in [-0.39, 0.29) is 5.78 Å². The number of ether oxygens (including phenoxy) is 1. The molecule has 2 aromatic rings. The number of ketones is 1. The monoisotopic (exact) mass is 315 g/mol. The molecule has 6 heteroatoms. The van der Waals surface area contributed by atoms with Crippen molar-refractivity contribution in [2.75, 3.05) is 0 Å². The lowest BCUT2D eigenvalue weighted by Gasteiger charge is -2.08. The van der Waals surface area contributed by atoms with Crippen molar-refractivity contribution in [3.05, 3.63) is 51.1 Å². The number of pyridine rings is 1. The first-order valence-electron chi connectivity index (χ1n) is 5.27. The van der Waals surface area contributed by atoms with Gasteiger partial charge >= 0.3 is 0 Å². The van der Waals surface area contributed by atoms with Crippen LogP contribution in [-0.2, 0) is 0 Å². The van der Waals surface area contributed by atoms with Crippen molar-refractivity contribution in [1.29, 1.82) is 0 Å². The third-order valence-electron chi connectivity index (χ3n) is 2.33. The maximum atomic E-state index is 11.1. The van der Waals surface area contributed by atoms with Crippen LogP contribution in [0.25, 0.3) is 0 Å². The molecule has 2 rings (SSSR count). The Labute approximate surface area is 125 Å². The molecule has 0 unspecified atom stereocenters. The molecule has 0 amide bonds. The van der Waals surface area contributed by atoms with E-state index >= 15 is 0 Å². The summed E-state index contributed by atoms with van der Waals surface area (Å²) in [4.78, 5) is 15.1. The number of carbonyl (C=O) groups excluding carboxylic acids is 1. The molecule has 0 aliphatic carbocycles. The maximum absolute atomic E-state index is 11.1.